The maximum Gasteiger partial charge on any atom is 0.121 e. The van der Waals surface area contributed by atoms with Crippen LogP contribution in [0.25, 0.3) is 0 Å². The first kappa shape index (κ1) is 12.2. The van der Waals surface area contributed by atoms with E-state index in [2.05, 4.69) is 29.7 Å². The molecule has 1 aliphatic rings. The summed E-state index contributed by atoms with van der Waals surface area (Å²) in [7, 11) is 1.71. The van der Waals surface area contributed by atoms with Crippen LogP contribution in [0.4, 0.5) is 5.69 Å². The third kappa shape index (κ3) is 3.37. The zero-order valence-electron chi connectivity index (χ0n) is 10.8. The molecule has 2 rings (SSSR count). The van der Waals surface area contributed by atoms with Gasteiger partial charge in [-0.1, -0.05) is 0 Å². The van der Waals surface area contributed by atoms with E-state index in [1.54, 1.807) is 7.11 Å². The summed E-state index contributed by atoms with van der Waals surface area (Å²) in [6.07, 6.45) is 3.70. The molecule has 1 aliphatic heterocycles. The maximum atomic E-state index is 5.27. The Morgan fingerprint density at radius 1 is 1.29 bits per heavy atom. The number of nitrogens with one attached hydrogen (secondary N) is 2. The summed E-state index contributed by atoms with van der Waals surface area (Å²) in [5, 5.41) is 7.05. The average Bonchev–Trinajstić information content (AvgIpc) is 2.58. The highest BCUT2D eigenvalue weighted by Crippen LogP contribution is 2.23. The number of benzene rings is 1. The van der Waals surface area contributed by atoms with Crippen molar-refractivity contribution in [3.63, 3.8) is 0 Å². The van der Waals surface area contributed by atoms with Crippen LogP contribution in [0, 0.1) is 6.92 Å². The molecule has 3 heteroatoms. The summed E-state index contributed by atoms with van der Waals surface area (Å²) < 4.78 is 5.27. The summed E-state index contributed by atoms with van der Waals surface area (Å²) in [6.45, 7) is 4.35. The summed E-state index contributed by atoms with van der Waals surface area (Å²) in [4.78, 5) is 0. The van der Waals surface area contributed by atoms with E-state index in [4.69, 9.17) is 4.74 Å². The lowest BCUT2D eigenvalue weighted by molar-refractivity contribution is 0.411. The van der Waals surface area contributed by atoms with Crippen LogP contribution in [0.5, 0.6) is 5.75 Å². The molecule has 0 spiro atoms. The smallest absolute Gasteiger partial charge is 0.121 e. The van der Waals surface area contributed by atoms with Gasteiger partial charge in [0.25, 0.3) is 0 Å². The van der Waals surface area contributed by atoms with Gasteiger partial charge in [-0.2, -0.15) is 0 Å². The second kappa shape index (κ2) is 5.92. The molecule has 1 aromatic carbocycles. The van der Waals surface area contributed by atoms with Gasteiger partial charge in [0, 0.05) is 11.7 Å². The van der Waals surface area contributed by atoms with Gasteiger partial charge in [0.05, 0.1) is 7.11 Å². The van der Waals surface area contributed by atoms with Crippen LogP contribution in [-0.4, -0.2) is 26.2 Å². The van der Waals surface area contributed by atoms with Gasteiger partial charge in [-0.05, 0) is 63.0 Å². The molecule has 0 radical (unpaired) electrons. The van der Waals surface area contributed by atoms with E-state index in [0.29, 0.717) is 6.04 Å². The summed E-state index contributed by atoms with van der Waals surface area (Å²) in [6, 6.07) is 6.89. The Kier molecular flexibility index (Phi) is 4.26. The molecule has 0 amide bonds. The Bertz CT molecular complexity index is 357. The fourth-order valence-corrected chi connectivity index (χ4v) is 2.37. The Morgan fingerprint density at radius 2 is 2.18 bits per heavy atom. The topological polar surface area (TPSA) is 33.3 Å². The second-order valence-corrected chi connectivity index (χ2v) is 4.71. The highest BCUT2D eigenvalue weighted by atomic mass is 16.5. The van der Waals surface area contributed by atoms with E-state index >= 15 is 0 Å². The van der Waals surface area contributed by atoms with E-state index in [1.165, 1.54) is 30.5 Å². The van der Waals surface area contributed by atoms with Crippen molar-refractivity contribution in [2.75, 3.05) is 25.5 Å². The molecule has 1 unspecified atom stereocenters. The normalized spacial score (nSPS) is 20.7. The van der Waals surface area contributed by atoms with Crippen molar-refractivity contribution >= 4 is 5.69 Å². The zero-order valence-corrected chi connectivity index (χ0v) is 10.8. The van der Waals surface area contributed by atoms with Gasteiger partial charge < -0.3 is 15.4 Å². The Balaban J connectivity index is 1.99. The maximum absolute atomic E-state index is 5.27. The fraction of sp³-hybridized carbons (Fsp3) is 0.571. The lowest BCUT2D eigenvalue weighted by atomic mass is 10.1. The number of ether oxygens (including phenoxy) is 1. The van der Waals surface area contributed by atoms with Crippen LogP contribution >= 0.6 is 0 Å². The van der Waals surface area contributed by atoms with Crippen molar-refractivity contribution in [1.82, 2.24) is 5.32 Å². The first-order valence-corrected chi connectivity index (χ1v) is 6.41. The molecule has 94 valence electrons. The Morgan fingerprint density at radius 3 is 2.94 bits per heavy atom. The molecule has 17 heavy (non-hydrogen) atoms. The largest absolute Gasteiger partial charge is 0.496 e. The van der Waals surface area contributed by atoms with Gasteiger partial charge in [0.15, 0.2) is 0 Å². The third-order valence-electron chi connectivity index (χ3n) is 3.34. The van der Waals surface area contributed by atoms with Crippen LogP contribution in [0.2, 0.25) is 0 Å². The molecular weight excluding hydrogens is 212 g/mol. The van der Waals surface area contributed by atoms with Gasteiger partial charge in [0.1, 0.15) is 5.75 Å². The van der Waals surface area contributed by atoms with Crippen LogP contribution in [-0.2, 0) is 0 Å². The molecule has 0 bridgehead atoms. The zero-order chi connectivity index (χ0) is 12.1. The highest BCUT2D eigenvalue weighted by Gasteiger charge is 2.11. The summed E-state index contributed by atoms with van der Waals surface area (Å²) >= 11 is 0. The molecule has 2 N–H and O–H groups in total. The minimum absolute atomic E-state index is 0.595. The summed E-state index contributed by atoms with van der Waals surface area (Å²) in [5.41, 5.74) is 2.39. The fourth-order valence-electron chi connectivity index (χ4n) is 2.37. The Labute approximate surface area is 104 Å². The lowest BCUT2D eigenvalue weighted by Gasteiger charge is -2.18. The van der Waals surface area contributed by atoms with Crippen molar-refractivity contribution < 1.29 is 4.74 Å². The monoisotopic (exact) mass is 234 g/mol. The molecule has 1 saturated heterocycles. The van der Waals surface area contributed by atoms with Crippen molar-refractivity contribution in [3.05, 3.63) is 23.8 Å². The minimum Gasteiger partial charge on any atom is -0.496 e. The molecule has 1 fully saturated rings. The van der Waals surface area contributed by atoms with E-state index in [1.807, 2.05) is 6.07 Å². The van der Waals surface area contributed by atoms with Gasteiger partial charge in [0.2, 0.25) is 0 Å². The van der Waals surface area contributed by atoms with Crippen LogP contribution in [0.3, 0.4) is 0 Å². The van der Waals surface area contributed by atoms with Crippen molar-refractivity contribution in [1.29, 1.82) is 0 Å². The van der Waals surface area contributed by atoms with E-state index < -0.39 is 0 Å². The highest BCUT2D eigenvalue weighted by molar-refractivity contribution is 5.51. The predicted octanol–water partition coefficient (Wildman–Crippen LogP) is 2.56. The van der Waals surface area contributed by atoms with Crippen molar-refractivity contribution in [3.8, 4) is 5.75 Å². The molecule has 1 aromatic rings. The first-order valence-electron chi connectivity index (χ1n) is 6.41. The predicted molar refractivity (Wildman–Crippen MR) is 71.9 cm³/mol. The number of hydrogen-bond donors (Lipinski definition) is 2. The second-order valence-electron chi connectivity index (χ2n) is 4.71. The SMILES string of the molecule is COc1ccc(NC2CCCNCC2)cc1C. The van der Waals surface area contributed by atoms with Gasteiger partial charge >= 0.3 is 0 Å². The number of rotatable bonds is 3. The number of anilines is 1. The molecule has 0 saturated carbocycles. The molecule has 1 atom stereocenters. The van der Waals surface area contributed by atoms with Gasteiger partial charge in [-0.25, -0.2) is 0 Å². The average molecular weight is 234 g/mol. The van der Waals surface area contributed by atoms with Crippen LogP contribution in [0.1, 0.15) is 24.8 Å². The molecule has 0 aromatic heterocycles. The van der Waals surface area contributed by atoms with Gasteiger partial charge in [-0.15, -0.1) is 0 Å². The standard InChI is InChI=1S/C14H22N2O/c1-11-10-13(5-6-14(11)17-2)16-12-4-3-8-15-9-7-12/h5-6,10,12,15-16H,3-4,7-9H2,1-2H3. The minimum atomic E-state index is 0.595. The van der Waals surface area contributed by atoms with E-state index in [0.717, 1.165) is 18.8 Å². The number of methoxy groups -OCH3 is 1. The summed E-state index contributed by atoms with van der Waals surface area (Å²) in [5.74, 6) is 0.957. The van der Waals surface area contributed by atoms with E-state index in [-0.39, 0.29) is 0 Å². The molecule has 1 heterocycles. The Hall–Kier alpha value is -1.22. The van der Waals surface area contributed by atoms with Crippen molar-refractivity contribution in [2.45, 2.75) is 32.2 Å². The van der Waals surface area contributed by atoms with Crippen LogP contribution < -0.4 is 15.4 Å². The van der Waals surface area contributed by atoms with E-state index in [9.17, 15) is 0 Å². The number of hydrogen-bond acceptors (Lipinski definition) is 3. The quantitative estimate of drug-likeness (QED) is 0.843. The number of aryl methyl sites for hydroxylation is 1. The third-order valence-corrected chi connectivity index (χ3v) is 3.34. The molecule has 3 nitrogen and oxygen atoms in total. The van der Waals surface area contributed by atoms with Crippen LogP contribution in [0.15, 0.2) is 18.2 Å². The van der Waals surface area contributed by atoms with Crippen molar-refractivity contribution in [2.24, 2.45) is 0 Å². The first-order chi connectivity index (χ1) is 8.29. The molecular formula is C14H22N2O. The lowest BCUT2D eigenvalue weighted by Crippen LogP contribution is -2.21. The van der Waals surface area contributed by atoms with Gasteiger partial charge in [-0.3, -0.25) is 0 Å². The molecule has 0 aliphatic carbocycles.